The summed E-state index contributed by atoms with van der Waals surface area (Å²) in [6.07, 6.45) is 1.30. The van der Waals surface area contributed by atoms with Gasteiger partial charge < -0.3 is 9.80 Å². The minimum atomic E-state index is 0.223. The fourth-order valence-corrected chi connectivity index (χ4v) is 3.18. The lowest BCUT2D eigenvalue weighted by molar-refractivity contribution is -0.131. The van der Waals surface area contributed by atoms with E-state index in [9.17, 15) is 4.79 Å². The van der Waals surface area contributed by atoms with Gasteiger partial charge in [-0.3, -0.25) is 4.79 Å². The highest BCUT2D eigenvalue weighted by atomic mass is 35.5. The molecule has 3 rings (SSSR count). The molecule has 1 heterocycles. The summed E-state index contributed by atoms with van der Waals surface area (Å²) in [6.45, 7) is 3.24. The van der Waals surface area contributed by atoms with E-state index in [1.54, 1.807) is 0 Å². The number of aryl methyl sites for hydroxylation is 1. The Bertz CT molecular complexity index is 678. The van der Waals surface area contributed by atoms with Gasteiger partial charge in [-0.2, -0.15) is 0 Å². The van der Waals surface area contributed by atoms with Gasteiger partial charge in [0.1, 0.15) is 0 Å². The van der Waals surface area contributed by atoms with Crippen molar-refractivity contribution >= 4 is 34.8 Å². The van der Waals surface area contributed by atoms with Crippen LogP contribution in [-0.4, -0.2) is 37.0 Å². The summed E-state index contributed by atoms with van der Waals surface area (Å²) >= 11 is 11.8. The van der Waals surface area contributed by atoms with Crippen LogP contribution in [0.2, 0.25) is 10.0 Å². The average molecular weight is 363 g/mol. The second kappa shape index (κ2) is 7.91. The molecule has 0 atom stereocenters. The van der Waals surface area contributed by atoms with Crippen LogP contribution < -0.4 is 4.90 Å². The molecule has 0 aromatic heterocycles. The van der Waals surface area contributed by atoms with Crippen LogP contribution >= 0.6 is 23.2 Å². The molecule has 0 radical (unpaired) electrons. The quantitative estimate of drug-likeness (QED) is 0.810. The Hall–Kier alpha value is -1.71. The maximum atomic E-state index is 12.4. The second-order valence-electron chi connectivity index (χ2n) is 5.97. The van der Waals surface area contributed by atoms with Crippen molar-refractivity contribution in [3.05, 3.63) is 64.1 Å². The van der Waals surface area contributed by atoms with Crippen LogP contribution in [0.1, 0.15) is 12.0 Å². The molecule has 2 aromatic carbocycles. The highest BCUT2D eigenvalue weighted by molar-refractivity contribution is 6.30. The van der Waals surface area contributed by atoms with Gasteiger partial charge in [0.2, 0.25) is 5.91 Å². The molecule has 2 aromatic rings. The van der Waals surface area contributed by atoms with Crippen LogP contribution in [0, 0.1) is 0 Å². The number of amides is 1. The molecule has 1 saturated heterocycles. The summed E-state index contributed by atoms with van der Waals surface area (Å²) in [4.78, 5) is 16.6. The Labute approximate surface area is 152 Å². The Kier molecular flexibility index (Phi) is 5.64. The molecule has 5 heteroatoms. The van der Waals surface area contributed by atoms with Crippen LogP contribution in [0.15, 0.2) is 48.5 Å². The molecule has 24 heavy (non-hydrogen) atoms. The number of piperazine rings is 1. The normalized spacial score (nSPS) is 14.8. The van der Waals surface area contributed by atoms with E-state index in [4.69, 9.17) is 23.2 Å². The Morgan fingerprint density at radius 2 is 1.38 bits per heavy atom. The van der Waals surface area contributed by atoms with E-state index in [1.165, 1.54) is 0 Å². The molecule has 1 fully saturated rings. The number of benzene rings is 2. The summed E-state index contributed by atoms with van der Waals surface area (Å²) < 4.78 is 0. The first-order chi connectivity index (χ1) is 11.6. The lowest BCUT2D eigenvalue weighted by Gasteiger charge is -2.36. The predicted molar refractivity (Wildman–Crippen MR) is 100 cm³/mol. The predicted octanol–water partition coefficient (Wildman–Crippen LogP) is 4.27. The molecule has 0 unspecified atom stereocenters. The number of carbonyl (C=O) groups is 1. The van der Waals surface area contributed by atoms with Crippen molar-refractivity contribution < 1.29 is 4.79 Å². The molecule has 0 N–H and O–H groups in total. The number of hydrogen-bond acceptors (Lipinski definition) is 2. The van der Waals surface area contributed by atoms with E-state index in [2.05, 4.69) is 4.90 Å². The molecule has 0 aliphatic carbocycles. The van der Waals surface area contributed by atoms with Gasteiger partial charge in [0.05, 0.1) is 0 Å². The van der Waals surface area contributed by atoms with Gasteiger partial charge in [-0.15, -0.1) is 0 Å². The third-order valence-corrected chi connectivity index (χ3v) is 4.87. The van der Waals surface area contributed by atoms with Gasteiger partial charge in [0.25, 0.3) is 0 Å². The molecule has 3 nitrogen and oxygen atoms in total. The molecular formula is C19H20Cl2N2O. The zero-order chi connectivity index (χ0) is 16.9. The van der Waals surface area contributed by atoms with Crippen molar-refractivity contribution in [3.63, 3.8) is 0 Å². The van der Waals surface area contributed by atoms with Crippen molar-refractivity contribution in [2.45, 2.75) is 12.8 Å². The van der Waals surface area contributed by atoms with Crippen LogP contribution in [0.4, 0.5) is 5.69 Å². The van der Waals surface area contributed by atoms with E-state index >= 15 is 0 Å². The van der Waals surface area contributed by atoms with E-state index < -0.39 is 0 Å². The van der Waals surface area contributed by atoms with E-state index in [0.717, 1.165) is 53.9 Å². The Balaban J connectivity index is 1.48. The third-order valence-electron chi connectivity index (χ3n) is 4.36. The van der Waals surface area contributed by atoms with Gasteiger partial charge >= 0.3 is 0 Å². The fraction of sp³-hybridized carbons (Fsp3) is 0.316. The number of nitrogens with zero attached hydrogens (tertiary/aromatic N) is 2. The summed E-state index contributed by atoms with van der Waals surface area (Å²) in [5.74, 6) is 0.223. The zero-order valence-electron chi connectivity index (χ0n) is 13.4. The fourth-order valence-electron chi connectivity index (χ4n) is 2.93. The molecule has 0 saturated carbocycles. The standard InChI is InChI=1S/C19H20Cl2N2O/c20-16-4-1-15(2-5-16)3-10-19(24)23-13-11-22(12-14-23)18-8-6-17(21)7-9-18/h1-2,4-9H,3,10-14H2. The van der Waals surface area contributed by atoms with Crippen LogP contribution in [0.3, 0.4) is 0 Å². The van der Waals surface area contributed by atoms with Crippen LogP contribution in [-0.2, 0) is 11.2 Å². The van der Waals surface area contributed by atoms with Crippen LogP contribution in [0.5, 0.6) is 0 Å². The molecule has 1 amide bonds. The molecule has 0 spiro atoms. The third kappa shape index (κ3) is 4.43. The van der Waals surface area contributed by atoms with E-state index in [-0.39, 0.29) is 5.91 Å². The topological polar surface area (TPSA) is 23.6 Å². The van der Waals surface area contributed by atoms with Crippen molar-refractivity contribution in [2.24, 2.45) is 0 Å². The highest BCUT2D eigenvalue weighted by Gasteiger charge is 2.20. The largest absolute Gasteiger partial charge is 0.368 e. The minimum Gasteiger partial charge on any atom is -0.368 e. The van der Waals surface area contributed by atoms with Gasteiger partial charge in [-0.05, 0) is 48.4 Å². The minimum absolute atomic E-state index is 0.223. The van der Waals surface area contributed by atoms with Gasteiger partial charge in [-0.1, -0.05) is 35.3 Å². The smallest absolute Gasteiger partial charge is 0.223 e. The molecule has 1 aliphatic rings. The second-order valence-corrected chi connectivity index (χ2v) is 6.84. The molecule has 0 bridgehead atoms. The molecule has 1 aliphatic heterocycles. The zero-order valence-corrected chi connectivity index (χ0v) is 14.9. The molecule has 126 valence electrons. The maximum absolute atomic E-state index is 12.4. The number of hydrogen-bond donors (Lipinski definition) is 0. The maximum Gasteiger partial charge on any atom is 0.223 e. The van der Waals surface area contributed by atoms with Gasteiger partial charge in [0, 0.05) is 48.3 Å². The first-order valence-electron chi connectivity index (χ1n) is 8.14. The number of anilines is 1. The summed E-state index contributed by atoms with van der Waals surface area (Å²) in [5, 5.41) is 1.47. The lowest BCUT2D eigenvalue weighted by Crippen LogP contribution is -2.48. The van der Waals surface area contributed by atoms with Crippen molar-refractivity contribution in [2.75, 3.05) is 31.1 Å². The average Bonchev–Trinajstić information content (AvgIpc) is 2.62. The Morgan fingerprint density at radius 3 is 1.96 bits per heavy atom. The first kappa shape index (κ1) is 17.1. The number of halogens is 2. The first-order valence-corrected chi connectivity index (χ1v) is 8.90. The lowest BCUT2D eigenvalue weighted by atomic mass is 10.1. The van der Waals surface area contributed by atoms with E-state index in [0.29, 0.717) is 6.42 Å². The molecular weight excluding hydrogens is 343 g/mol. The number of carbonyl (C=O) groups excluding carboxylic acids is 1. The van der Waals surface area contributed by atoms with Gasteiger partial charge in [0.15, 0.2) is 0 Å². The van der Waals surface area contributed by atoms with Crippen LogP contribution in [0.25, 0.3) is 0 Å². The van der Waals surface area contributed by atoms with Crippen molar-refractivity contribution in [1.82, 2.24) is 4.90 Å². The van der Waals surface area contributed by atoms with Crippen molar-refractivity contribution in [1.29, 1.82) is 0 Å². The monoisotopic (exact) mass is 362 g/mol. The summed E-state index contributed by atoms with van der Waals surface area (Å²) in [7, 11) is 0. The van der Waals surface area contributed by atoms with E-state index in [1.807, 2.05) is 53.4 Å². The van der Waals surface area contributed by atoms with Gasteiger partial charge in [-0.25, -0.2) is 0 Å². The number of rotatable bonds is 4. The highest BCUT2D eigenvalue weighted by Crippen LogP contribution is 2.20. The van der Waals surface area contributed by atoms with Crippen molar-refractivity contribution in [3.8, 4) is 0 Å². The SMILES string of the molecule is O=C(CCc1ccc(Cl)cc1)N1CCN(c2ccc(Cl)cc2)CC1. The Morgan fingerprint density at radius 1 is 0.833 bits per heavy atom. The summed E-state index contributed by atoms with van der Waals surface area (Å²) in [5.41, 5.74) is 2.31. The summed E-state index contributed by atoms with van der Waals surface area (Å²) in [6, 6.07) is 15.6.